The fourth-order valence-corrected chi connectivity index (χ4v) is 8.95. The molecule has 0 aromatic carbocycles. The topological polar surface area (TPSA) is 17.1 Å². The van der Waals surface area contributed by atoms with Crippen LogP contribution < -0.4 is 21.2 Å². The molecule has 0 aromatic heterocycles. The zero-order valence-electron chi connectivity index (χ0n) is 7.39. The number of hydrogen-bond acceptors (Lipinski definition) is 1. The first kappa shape index (κ1) is 10.0. The van der Waals surface area contributed by atoms with Gasteiger partial charge in [0.15, 0.2) is 0 Å². The maximum absolute atomic E-state index is 11.2. The average Bonchev–Trinajstić information content (AvgIpc) is 2.17. The van der Waals surface area contributed by atoms with Crippen LogP contribution in [0.4, 0.5) is 0 Å². The van der Waals surface area contributed by atoms with E-state index in [1.807, 2.05) is 0 Å². The number of halogens is 2. The van der Waals surface area contributed by atoms with E-state index < -0.39 is 0 Å². The second-order valence-corrected chi connectivity index (χ2v) is 10.4. The first-order chi connectivity index (χ1) is 6.27. The molecule has 0 aromatic rings. The van der Waals surface area contributed by atoms with Crippen LogP contribution in [-0.4, -0.2) is 14.2 Å². The molecule has 0 aliphatic carbocycles. The predicted octanol–water partition coefficient (Wildman–Crippen LogP) is -0.761. The van der Waals surface area contributed by atoms with E-state index >= 15 is 0 Å². The molecule has 0 radical (unpaired) electrons. The number of Topliss-reactive ketones (excluding diaryl/α,β-unsaturated/α-hetero) is 1. The van der Waals surface area contributed by atoms with Crippen LogP contribution in [0.25, 0.3) is 0 Å². The van der Waals surface area contributed by atoms with Crippen molar-refractivity contribution in [3.8, 4) is 0 Å². The normalized spacial score (nSPS) is 27.3. The fraction of sp³-hybridized carbons (Fsp3) is 0.400. The van der Waals surface area contributed by atoms with Gasteiger partial charge in [0.1, 0.15) is 0 Å². The first-order valence-corrected chi connectivity index (χ1v) is 9.16. The minimum atomic E-state index is 0.205. The molecule has 72 valence electrons. The summed E-state index contributed by atoms with van der Waals surface area (Å²) < 4.78 is 5.32. The number of carbonyl (C=O) groups is 1. The van der Waals surface area contributed by atoms with E-state index in [1.54, 1.807) is 8.51 Å². The Morgan fingerprint density at radius 2 is 2.54 bits per heavy atom. The Hall–Kier alpha value is 0.480. The quantitative estimate of drug-likeness (QED) is 0.417. The maximum atomic E-state index is 11.2. The molecular formula is C10H11I2O-. The third-order valence-electron chi connectivity index (χ3n) is 2.19. The molecule has 0 bridgehead atoms. The third-order valence-corrected chi connectivity index (χ3v) is 10.6. The number of hydrogen-bond donors (Lipinski definition) is 0. The Bertz CT molecular complexity index is 326. The van der Waals surface area contributed by atoms with Crippen molar-refractivity contribution < 1.29 is 26.0 Å². The number of allylic oxidation sites excluding steroid dienone is 3. The number of carbonyl (C=O) groups excluding carboxylic acids is 1. The molecule has 1 atom stereocenters. The van der Waals surface area contributed by atoms with E-state index in [0.29, 0.717) is 11.7 Å². The van der Waals surface area contributed by atoms with Gasteiger partial charge in [-0.15, -0.1) is 0 Å². The Morgan fingerprint density at radius 3 is 3.31 bits per heavy atom. The van der Waals surface area contributed by atoms with Crippen molar-refractivity contribution >= 4 is 30.5 Å². The molecule has 0 fully saturated rings. The van der Waals surface area contributed by atoms with E-state index in [9.17, 15) is 4.79 Å². The summed E-state index contributed by atoms with van der Waals surface area (Å²) in [6.07, 6.45) is 5.44. The van der Waals surface area contributed by atoms with Crippen molar-refractivity contribution in [1.29, 1.82) is 0 Å². The molecule has 0 saturated carbocycles. The van der Waals surface area contributed by atoms with Crippen molar-refractivity contribution in [2.75, 3.05) is 4.43 Å². The summed E-state index contributed by atoms with van der Waals surface area (Å²) in [6.45, 7) is 1.74. The molecule has 2 heterocycles. The van der Waals surface area contributed by atoms with E-state index in [2.05, 4.69) is 16.2 Å². The molecule has 1 nitrogen and oxygen atoms in total. The van der Waals surface area contributed by atoms with Gasteiger partial charge in [-0.25, -0.2) is 0 Å². The van der Waals surface area contributed by atoms with Gasteiger partial charge in [-0.05, 0) is 0 Å². The van der Waals surface area contributed by atoms with Crippen LogP contribution in [0, 0.1) is 5.92 Å². The summed E-state index contributed by atoms with van der Waals surface area (Å²) in [6, 6.07) is 0. The van der Waals surface area contributed by atoms with Crippen LogP contribution in [0.1, 0.15) is 13.3 Å². The van der Waals surface area contributed by atoms with E-state index in [-0.39, 0.29) is 41.9 Å². The molecule has 1 unspecified atom stereocenters. The summed E-state index contributed by atoms with van der Waals surface area (Å²) in [5.74, 6) is 0.755. The average molecular weight is 401 g/mol. The van der Waals surface area contributed by atoms with Gasteiger partial charge in [-0.1, -0.05) is 0 Å². The van der Waals surface area contributed by atoms with Crippen molar-refractivity contribution in [3.05, 3.63) is 19.3 Å². The van der Waals surface area contributed by atoms with Crippen LogP contribution >= 0.6 is 20.7 Å². The molecule has 2 aliphatic rings. The molecule has 3 heteroatoms. The van der Waals surface area contributed by atoms with Gasteiger partial charge in [0.25, 0.3) is 0 Å². The van der Waals surface area contributed by atoms with Crippen molar-refractivity contribution in [2.45, 2.75) is 13.3 Å². The third kappa shape index (κ3) is 2.29. The van der Waals surface area contributed by atoms with Crippen LogP contribution in [0.2, 0.25) is 0 Å². The van der Waals surface area contributed by atoms with Gasteiger partial charge >= 0.3 is 99.5 Å². The summed E-state index contributed by atoms with van der Waals surface area (Å²) >= 11 is 0.424. The minimum absolute atomic E-state index is 0.205. The Morgan fingerprint density at radius 1 is 1.69 bits per heavy atom. The number of rotatable bonds is 1. The van der Waals surface area contributed by atoms with Gasteiger partial charge in [-0.3, -0.25) is 0 Å². The number of ketones is 1. The first-order valence-electron chi connectivity index (χ1n) is 4.23. The van der Waals surface area contributed by atoms with Gasteiger partial charge in [-0.2, -0.15) is 0 Å². The molecular weight excluding hydrogens is 390 g/mol. The molecule has 0 amide bonds. The van der Waals surface area contributed by atoms with Crippen molar-refractivity contribution in [3.63, 3.8) is 0 Å². The zero-order valence-corrected chi connectivity index (χ0v) is 11.7. The summed E-state index contributed by atoms with van der Waals surface area (Å²) in [4.78, 5) is 11.2. The Kier molecular flexibility index (Phi) is 3.34. The molecule has 2 aliphatic heterocycles. The monoisotopic (exact) mass is 401 g/mol. The van der Waals surface area contributed by atoms with Crippen LogP contribution in [0.15, 0.2) is 19.3 Å². The van der Waals surface area contributed by atoms with Gasteiger partial charge in [0.05, 0.1) is 0 Å². The molecule has 0 saturated heterocycles. The van der Waals surface area contributed by atoms with E-state index in [4.69, 9.17) is 0 Å². The summed E-state index contributed by atoms with van der Waals surface area (Å²) in [7, 11) is 0. The standard InChI is InChI=1S/C10H11I2O/c1-7(13)9-5-8-3-2-4-11-10(8)12-6-9/h2-4,9H,5-6H2,1H3/q-1. The van der Waals surface area contributed by atoms with Crippen LogP contribution in [0.5, 0.6) is 0 Å². The second kappa shape index (κ2) is 4.33. The molecule has 0 N–H and O–H groups in total. The Labute approximate surface area is 98.7 Å². The number of alkyl halides is 1. The zero-order chi connectivity index (χ0) is 9.26. The molecule has 13 heavy (non-hydrogen) atoms. The van der Waals surface area contributed by atoms with Crippen LogP contribution in [0.3, 0.4) is 0 Å². The summed E-state index contributed by atoms with van der Waals surface area (Å²) in [5, 5.41) is 0. The van der Waals surface area contributed by atoms with Gasteiger partial charge in [0, 0.05) is 0 Å². The predicted molar refractivity (Wildman–Crippen MR) is 59.9 cm³/mol. The summed E-state index contributed by atoms with van der Waals surface area (Å²) in [5.41, 5.74) is 1.52. The van der Waals surface area contributed by atoms with Gasteiger partial charge < -0.3 is 0 Å². The fourth-order valence-electron chi connectivity index (χ4n) is 1.37. The van der Waals surface area contributed by atoms with Crippen LogP contribution in [-0.2, 0) is 4.79 Å². The molecule has 2 rings (SSSR count). The SMILES string of the molecule is CC(=O)C1C[I-]C2=C(C=CC=I2)C1. The van der Waals surface area contributed by atoms with Crippen molar-refractivity contribution in [2.24, 2.45) is 5.92 Å². The van der Waals surface area contributed by atoms with E-state index in [0.717, 1.165) is 6.42 Å². The Balaban J connectivity index is 2.20. The van der Waals surface area contributed by atoms with Crippen molar-refractivity contribution in [1.82, 2.24) is 0 Å². The van der Waals surface area contributed by atoms with Gasteiger partial charge in [0.2, 0.25) is 0 Å². The molecule has 0 spiro atoms. The van der Waals surface area contributed by atoms with E-state index in [1.165, 1.54) is 10.0 Å². The second-order valence-electron chi connectivity index (χ2n) is 3.18.